The maximum atomic E-state index is 4.33. The van der Waals surface area contributed by atoms with E-state index in [1.165, 1.54) is 10.5 Å². The van der Waals surface area contributed by atoms with E-state index < -0.39 is 0 Å². The van der Waals surface area contributed by atoms with Crippen LogP contribution in [-0.2, 0) is 13.6 Å². The Bertz CT molecular complexity index is 521. The number of fused-ring (bicyclic) bond motifs is 1. The SMILES string of the molecule is Cn1ccnc1CNC1CSc2ccccc21. The lowest BCUT2D eigenvalue weighted by molar-refractivity contribution is 0.557. The van der Waals surface area contributed by atoms with Crippen molar-refractivity contribution in [3.8, 4) is 0 Å². The molecule has 0 fully saturated rings. The molecular formula is C13H15N3S. The van der Waals surface area contributed by atoms with Crippen molar-refractivity contribution < 1.29 is 0 Å². The van der Waals surface area contributed by atoms with Gasteiger partial charge in [-0.25, -0.2) is 4.98 Å². The molecule has 0 saturated heterocycles. The Kier molecular flexibility index (Phi) is 2.91. The summed E-state index contributed by atoms with van der Waals surface area (Å²) in [5.41, 5.74) is 1.42. The molecule has 3 rings (SSSR count). The van der Waals surface area contributed by atoms with E-state index in [2.05, 4.69) is 39.1 Å². The van der Waals surface area contributed by atoms with Gasteiger partial charge in [0.25, 0.3) is 0 Å². The minimum atomic E-state index is 0.452. The van der Waals surface area contributed by atoms with E-state index in [4.69, 9.17) is 0 Å². The van der Waals surface area contributed by atoms with Crippen molar-refractivity contribution in [3.63, 3.8) is 0 Å². The second kappa shape index (κ2) is 4.55. The smallest absolute Gasteiger partial charge is 0.122 e. The van der Waals surface area contributed by atoms with Gasteiger partial charge in [-0.3, -0.25) is 0 Å². The fraction of sp³-hybridized carbons (Fsp3) is 0.308. The van der Waals surface area contributed by atoms with E-state index >= 15 is 0 Å². The van der Waals surface area contributed by atoms with Crippen LogP contribution in [0.15, 0.2) is 41.6 Å². The van der Waals surface area contributed by atoms with E-state index in [1.807, 2.05) is 31.2 Å². The van der Waals surface area contributed by atoms with Gasteiger partial charge < -0.3 is 9.88 Å². The Labute approximate surface area is 105 Å². The van der Waals surface area contributed by atoms with Gasteiger partial charge in [-0.05, 0) is 11.6 Å². The average molecular weight is 245 g/mol. The normalized spacial score (nSPS) is 18.3. The fourth-order valence-corrected chi connectivity index (χ4v) is 3.31. The zero-order chi connectivity index (χ0) is 11.7. The first-order valence-corrected chi connectivity index (χ1v) is 6.74. The number of hydrogen-bond donors (Lipinski definition) is 1. The number of aryl methyl sites for hydroxylation is 1. The van der Waals surface area contributed by atoms with Gasteiger partial charge in [0.15, 0.2) is 0 Å². The van der Waals surface area contributed by atoms with Crippen LogP contribution in [0.3, 0.4) is 0 Å². The van der Waals surface area contributed by atoms with E-state index in [0.29, 0.717) is 6.04 Å². The fourth-order valence-electron chi connectivity index (χ4n) is 2.11. The molecular weight excluding hydrogens is 230 g/mol. The first kappa shape index (κ1) is 10.9. The van der Waals surface area contributed by atoms with E-state index in [9.17, 15) is 0 Å². The molecule has 0 bridgehead atoms. The highest BCUT2D eigenvalue weighted by molar-refractivity contribution is 7.99. The Morgan fingerprint density at radius 1 is 1.47 bits per heavy atom. The molecule has 0 spiro atoms. The Hall–Kier alpha value is -1.26. The maximum Gasteiger partial charge on any atom is 0.122 e. The molecule has 0 amide bonds. The highest BCUT2D eigenvalue weighted by Gasteiger charge is 2.22. The highest BCUT2D eigenvalue weighted by Crippen LogP contribution is 2.37. The highest BCUT2D eigenvalue weighted by atomic mass is 32.2. The van der Waals surface area contributed by atoms with Gasteiger partial charge in [-0.15, -0.1) is 11.8 Å². The van der Waals surface area contributed by atoms with Gasteiger partial charge in [0, 0.05) is 36.1 Å². The summed E-state index contributed by atoms with van der Waals surface area (Å²) in [4.78, 5) is 5.73. The third kappa shape index (κ3) is 2.10. The van der Waals surface area contributed by atoms with Gasteiger partial charge >= 0.3 is 0 Å². The second-order valence-electron chi connectivity index (χ2n) is 4.24. The lowest BCUT2D eigenvalue weighted by Crippen LogP contribution is -2.22. The Morgan fingerprint density at radius 3 is 3.18 bits per heavy atom. The van der Waals surface area contributed by atoms with Crippen molar-refractivity contribution >= 4 is 11.8 Å². The summed E-state index contributed by atoms with van der Waals surface area (Å²) >= 11 is 1.93. The molecule has 0 aliphatic carbocycles. The molecule has 1 aliphatic heterocycles. The van der Waals surface area contributed by atoms with E-state index in [0.717, 1.165) is 18.1 Å². The molecule has 2 heterocycles. The van der Waals surface area contributed by atoms with Crippen molar-refractivity contribution in [2.45, 2.75) is 17.5 Å². The number of rotatable bonds is 3. The molecule has 1 aromatic carbocycles. The third-order valence-electron chi connectivity index (χ3n) is 3.13. The minimum absolute atomic E-state index is 0.452. The predicted octanol–water partition coefficient (Wildman–Crippen LogP) is 2.36. The zero-order valence-corrected chi connectivity index (χ0v) is 10.6. The molecule has 1 aromatic heterocycles. The number of benzene rings is 1. The van der Waals surface area contributed by atoms with Crippen LogP contribution in [0, 0.1) is 0 Å². The minimum Gasteiger partial charge on any atom is -0.337 e. The standard InChI is InChI=1S/C13H15N3S/c1-16-7-6-14-13(16)8-15-11-9-17-12-5-3-2-4-10(11)12/h2-7,11,15H,8-9H2,1H3. The Balaban J connectivity index is 1.70. The number of hydrogen-bond acceptors (Lipinski definition) is 3. The summed E-state index contributed by atoms with van der Waals surface area (Å²) in [6.07, 6.45) is 3.82. The summed E-state index contributed by atoms with van der Waals surface area (Å²) in [6, 6.07) is 9.08. The average Bonchev–Trinajstić information content (AvgIpc) is 2.93. The van der Waals surface area contributed by atoms with Crippen LogP contribution in [0.4, 0.5) is 0 Å². The molecule has 1 aliphatic rings. The predicted molar refractivity (Wildman–Crippen MR) is 70.0 cm³/mol. The summed E-state index contributed by atoms with van der Waals surface area (Å²) in [5, 5.41) is 3.58. The number of thioether (sulfide) groups is 1. The molecule has 1 unspecified atom stereocenters. The molecule has 3 nitrogen and oxygen atoms in total. The van der Waals surface area contributed by atoms with Crippen molar-refractivity contribution in [2.75, 3.05) is 5.75 Å². The third-order valence-corrected chi connectivity index (χ3v) is 4.31. The molecule has 17 heavy (non-hydrogen) atoms. The van der Waals surface area contributed by atoms with Crippen LogP contribution in [0.2, 0.25) is 0 Å². The van der Waals surface area contributed by atoms with Crippen LogP contribution < -0.4 is 5.32 Å². The number of nitrogens with zero attached hydrogens (tertiary/aromatic N) is 2. The molecule has 2 aromatic rings. The van der Waals surface area contributed by atoms with Crippen LogP contribution in [0.25, 0.3) is 0 Å². The largest absolute Gasteiger partial charge is 0.337 e. The molecule has 4 heteroatoms. The first-order chi connectivity index (χ1) is 8.34. The first-order valence-electron chi connectivity index (χ1n) is 5.76. The zero-order valence-electron chi connectivity index (χ0n) is 9.76. The van der Waals surface area contributed by atoms with Gasteiger partial charge in [0.05, 0.1) is 6.54 Å². The van der Waals surface area contributed by atoms with Crippen molar-refractivity contribution in [1.82, 2.24) is 14.9 Å². The van der Waals surface area contributed by atoms with E-state index in [-0.39, 0.29) is 0 Å². The monoisotopic (exact) mass is 245 g/mol. The quantitative estimate of drug-likeness (QED) is 0.900. The van der Waals surface area contributed by atoms with Crippen LogP contribution >= 0.6 is 11.8 Å². The van der Waals surface area contributed by atoms with Gasteiger partial charge in [0.2, 0.25) is 0 Å². The summed E-state index contributed by atoms with van der Waals surface area (Å²) < 4.78 is 2.06. The molecule has 0 saturated carbocycles. The summed E-state index contributed by atoms with van der Waals surface area (Å²) in [5.74, 6) is 2.20. The molecule has 88 valence electrons. The molecule has 0 radical (unpaired) electrons. The van der Waals surface area contributed by atoms with Gasteiger partial charge in [0.1, 0.15) is 5.82 Å². The topological polar surface area (TPSA) is 29.9 Å². The lowest BCUT2D eigenvalue weighted by atomic mass is 10.1. The lowest BCUT2D eigenvalue weighted by Gasteiger charge is -2.12. The number of imidazole rings is 1. The van der Waals surface area contributed by atoms with Crippen molar-refractivity contribution in [2.24, 2.45) is 7.05 Å². The van der Waals surface area contributed by atoms with E-state index in [1.54, 1.807) is 0 Å². The molecule has 1 atom stereocenters. The van der Waals surface area contributed by atoms with Gasteiger partial charge in [-0.1, -0.05) is 18.2 Å². The van der Waals surface area contributed by atoms with Crippen molar-refractivity contribution in [1.29, 1.82) is 0 Å². The Morgan fingerprint density at radius 2 is 2.35 bits per heavy atom. The summed E-state index contributed by atoms with van der Waals surface area (Å²) in [6.45, 7) is 0.822. The van der Waals surface area contributed by atoms with Gasteiger partial charge in [-0.2, -0.15) is 0 Å². The van der Waals surface area contributed by atoms with Crippen LogP contribution in [0.5, 0.6) is 0 Å². The summed E-state index contributed by atoms with van der Waals surface area (Å²) in [7, 11) is 2.03. The molecule has 1 N–H and O–H groups in total. The maximum absolute atomic E-state index is 4.33. The van der Waals surface area contributed by atoms with Crippen molar-refractivity contribution in [3.05, 3.63) is 48.0 Å². The number of aromatic nitrogens is 2. The second-order valence-corrected chi connectivity index (χ2v) is 5.30. The van der Waals surface area contributed by atoms with Crippen LogP contribution in [-0.4, -0.2) is 15.3 Å². The van der Waals surface area contributed by atoms with Crippen LogP contribution in [0.1, 0.15) is 17.4 Å². The number of nitrogens with one attached hydrogen (secondary N) is 1.